The highest BCUT2D eigenvalue weighted by Gasteiger charge is 2.65. The number of nitrogens with zero attached hydrogens (tertiary/aromatic N) is 3. The molecule has 0 bridgehead atoms. The van der Waals surface area contributed by atoms with Crippen molar-refractivity contribution in [3.63, 3.8) is 0 Å². The van der Waals surface area contributed by atoms with Crippen LogP contribution in [0.3, 0.4) is 0 Å². The van der Waals surface area contributed by atoms with Crippen LogP contribution in [0.25, 0.3) is 0 Å². The number of unbranched alkanes of at least 4 members (excludes halogenated alkanes) is 2. The second-order valence-corrected chi connectivity index (χ2v) is 14.7. The Morgan fingerprint density at radius 1 is 1.00 bits per heavy atom. The van der Waals surface area contributed by atoms with Crippen LogP contribution in [0, 0.1) is 29.1 Å². The molecule has 6 rings (SSSR count). The molecule has 1 amide bonds. The molecular weight excluding hydrogens is 707 g/mol. The zero-order valence-electron chi connectivity index (χ0n) is 32.2. The third-order valence-corrected chi connectivity index (χ3v) is 11.3. The fraction of sp³-hybridized carbons (Fsp3) is 0.413. The van der Waals surface area contributed by atoms with E-state index in [0.717, 1.165) is 42.4 Å². The second-order valence-electron chi connectivity index (χ2n) is 14.7. The third-order valence-electron chi connectivity index (χ3n) is 11.3. The summed E-state index contributed by atoms with van der Waals surface area (Å²) in [6, 6.07) is 23.8. The molecule has 1 fully saturated rings. The molecule has 10 heteroatoms. The number of carbonyl (C=O) groups is 1. The number of hydrogen-bond acceptors (Lipinski definition) is 9. The predicted octanol–water partition coefficient (Wildman–Crippen LogP) is 7.73. The zero-order chi connectivity index (χ0) is 39.5. The Kier molecular flexibility index (Phi) is 13.8. The average molecular weight is 760 g/mol. The van der Waals surface area contributed by atoms with Gasteiger partial charge in [0, 0.05) is 43.7 Å². The van der Waals surface area contributed by atoms with Crippen LogP contribution in [-0.2, 0) is 16.2 Å². The van der Waals surface area contributed by atoms with Crippen LogP contribution in [0.2, 0.25) is 0 Å². The van der Waals surface area contributed by atoms with Gasteiger partial charge in [0.15, 0.2) is 0 Å². The number of carbonyl (C=O) groups excluding carboxylic acids is 1. The summed E-state index contributed by atoms with van der Waals surface area (Å²) in [6.07, 6.45) is 10.7. The molecule has 0 aromatic heterocycles. The van der Waals surface area contributed by atoms with Gasteiger partial charge in [-0.05, 0) is 91.1 Å². The Morgan fingerprint density at radius 2 is 1.73 bits per heavy atom. The average Bonchev–Trinajstić information content (AvgIpc) is 3.23. The van der Waals surface area contributed by atoms with Gasteiger partial charge in [-0.1, -0.05) is 73.1 Å². The molecule has 3 aromatic carbocycles. The molecule has 6 atom stereocenters. The van der Waals surface area contributed by atoms with E-state index in [9.17, 15) is 20.3 Å². The van der Waals surface area contributed by atoms with Crippen molar-refractivity contribution in [2.75, 3.05) is 33.5 Å². The Morgan fingerprint density at radius 3 is 2.43 bits per heavy atom. The van der Waals surface area contributed by atoms with Gasteiger partial charge in [0.25, 0.3) is 5.91 Å². The molecule has 56 heavy (non-hydrogen) atoms. The van der Waals surface area contributed by atoms with Crippen molar-refractivity contribution in [3.05, 3.63) is 132 Å². The number of oxime groups is 1. The highest BCUT2D eigenvalue weighted by atomic mass is 16.7. The lowest BCUT2D eigenvalue weighted by Gasteiger charge is -2.59. The SMILES string of the molecule is C=CCOc1ccc2c(c1)C1C(CCCCO)C(CCCCO)C=C3C(=NOCc4ccccc4)CC(N(C)C(=O)c4ccc(C#N)cc4)C(OCC=C)(O2)C31. The van der Waals surface area contributed by atoms with E-state index in [4.69, 9.17) is 24.2 Å². The molecule has 1 aliphatic heterocycles. The number of aliphatic hydroxyl groups is 2. The number of allylic oxidation sites excluding steroid dienone is 1. The molecule has 3 aliphatic rings. The standard InChI is InChI=1S/C46H53N3O7/c1-4-25-53-36-21-22-41-39(28-36)43-37(16-10-12-24-51)35(15-9-11-23-50)27-38-40(48-55-31-33-13-7-6-8-14-33)29-42(46(56-41,44(38)43)54-26-5-2)49(3)45(52)34-19-17-32(30-47)18-20-34/h4-8,13-14,17-22,27-28,35,37,42-44,50-51H,1-2,9-12,15-16,23-26,29,31H2,3H3. The molecule has 10 nitrogen and oxygen atoms in total. The lowest BCUT2D eigenvalue weighted by Crippen LogP contribution is -2.69. The van der Waals surface area contributed by atoms with Crippen LogP contribution in [-0.4, -0.2) is 72.0 Å². The van der Waals surface area contributed by atoms with Crippen LogP contribution < -0.4 is 9.47 Å². The van der Waals surface area contributed by atoms with Crippen molar-refractivity contribution in [2.45, 2.75) is 69.3 Å². The van der Waals surface area contributed by atoms with E-state index >= 15 is 0 Å². The maximum Gasteiger partial charge on any atom is 0.254 e. The molecule has 0 spiro atoms. The Labute approximate surface area is 330 Å². The van der Waals surface area contributed by atoms with Gasteiger partial charge >= 0.3 is 0 Å². The maximum atomic E-state index is 14.5. The van der Waals surface area contributed by atoms with Gasteiger partial charge in [-0.2, -0.15) is 5.26 Å². The van der Waals surface area contributed by atoms with Crippen molar-refractivity contribution in [3.8, 4) is 17.6 Å². The Hall–Kier alpha value is -5.21. The minimum Gasteiger partial charge on any atom is -0.490 e. The summed E-state index contributed by atoms with van der Waals surface area (Å²) in [6.45, 7) is 8.81. The number of fused-ring (bicyclic) bond motifs is 2. The van der Waals surface area contributed by atoms with Crippen LogP contribution in [0.1, 0.15) is 77.9 Å². The topological polar surface area (TPSA) is 134 Å². The van der Waals surface area contributed by atoms with Crippen molar-refractivity contribution in [1.29, 1.82) is 5.26 Å². The quantitative estimate of drug-likeness (QED) is 0.0721. The van der Waals surface area contributed by atoms with E-state index in [1.165, 1.54) is 0 Å². The summed E-state index contributed by atoms with van der Waals surface area (Å²) in [4.78, 5) is 22.3. The van der Waals surface area contributed by atoms with Gasteiger partial charge in [-0.25, -0.2) is 0 Å². The predicted molar refractivity (Wildman–Crippen MR) is 215 cm³/mol. The first-order valence-electron chi connectivity index (χ1n) is 19.6. The first-order chi connectivity index (χ1) is 27.4. The fourth-order valence-corrected chi connectivity index (χ4v) is 8.76. The first-order valence-corrected chi connectivity index (χ1v) is 19.6. The Bertz CT molecular complexity index is 1920. The van der Waals surface area contributed by atoms with E-state index in [2.05, 4.69) is 31.4 Å². The summed E-state index contributed by atoms with van der Waals surface area (Å²) in [5.74, 6) is -0.713. The number of hydrogen-bond donors (Lipinski definition) is 2. The minimum atomic E-state index is -1.37. The molecule has 0 radical (unpaired) electrons. The number of benzene rings is 3. The number of aliphatic hydroxyl groups excluding tert-OH is 2. The molecular formula is C46H53N3O7. The lowest BCUT2D eigenvalue weighted by molar-refractivity contribution is -0.252. The van der Waals surface area contributed by atoms with Crippen molar-refractivity contribution in [1.82, 2.24) is 4.90 Å². The number of ether oxygens (including phenoxy) is 3. The van der Waals surface area contributed by atoms with E-state index in [-0.39, 0.29) is 56.5 Å². The third kappa shape index (κ3) is 8.61. The zero-order valence-corrected chi connectivity index (χ0v) is 32.2. The molecule has 0 saturated heterocycles. The molecule has 1 saturated carbocycles. The van der Waals surface area contributed by atoms with Gasteiger partial charge < -0.3 is 34.2 Å². The number of likely N-dealkylation sites (N-methyl/N-ethyl adjacent to an activating group) is 1. The van der Waals surface area contributed by atoms with Crippen LogP contribution in [0.5, 0.6) is 11.5 Å². The minimum absolute atomic E-state index is 0.0859. The maximum absolute atomic E-state index is 14.5. The summed E-state index contributed by atoms with van der Waals surface area (Å²) < 4.78 is 20.3. The Balaban J connectivity index is 1.56. The number of nitriles is 1. The molecule has 294 valence electrons. The summed E-state index contributed by atoms with van der Waals surface area (Å²) >= 11 is 0. The lowest BCUT2D eigenvalue weighted by atomic mass is 9.55. The number of rotatable bonds is 19. The fourth-order valence-electron chi connectivity index (χ4n) is 8.76. The van der Waals surface area contributed by atoms with Gasteiger partial charge in [0.1, 0.15) is 30.8 Å². The van der Waals surface area contributed by atoms with Crippen molar-refractivity contribution >= 4 is 11.6 Å². The molecule has 3 aromatic rings. The normalized spacial score (nSPS) is 24.1. The first kappa shape index (κ1) is 40.5. The highest BCUT2D eigenvalue weighted by Crippen LogP contribution is 2.61. The van der Waals surface area contributed by atoms with Gasteiger partial charge in [-0.15, -0.1) is 6.58 Å². The highest BCUT2D eigenvalue weighted by molar-refractivity contribution is 6.03. The van der Waals surface area contributed by atoms with Crippen LogP contribution in [0.15, 0.2) is 115 Å². The van der Waals surface area contributed by atoms with Crippen molar-refractivity contribution < 1.29 is 34.1 Å². The van der Waals surface area contributed by atoms with Crippen LogP contribution in [0.4, 0.5) is 0 Å². The molecule has 2 aliphatic carbocycles. The van der Waals surface area contributed by atoms with E-state index < -0.39 is 17.7 Å². The molecule has 6 unspecified atom stereocenters. The van der Waals surface area contributed by atoms with Gasteiger partial charge in [0.05, 0.1) is 29.9 Å². The van der Waals surface area contributed by atoms with E-state index in [1.54, 1.807) is 48.4 Å². The van der Waals surface area contributed by atoms with Crippen molar-refractivity contribution in [2.24, 2.45) is 22.9 Å². The smallest absolute Gasteiger partial charge is 0.254 e. The van der Waals surface area contributed by atoms with Gasteiger partial charge in [0.2, 0.25) is 5.79 Å². The number of amides is 1. The molecule has 2 N–H and O–H groups in total. The molecule has 1 heterocycles. The monoisotopic (exact) mass is 759 g/mol. The summed E-state index contributed by atoms with van der Waals surface area (Å²) in [5.41, 5.74) is 4.51. The van der Waals surface area contributed by atoms with Gasteiger partial charge in [-0.3, -0.25) is 4.79 Å². The largest absolute Gasteiger partial charge is 0.490 e. The van der Waals surface area contributed by atoms with E-state index in [0.29, 0.717) is 47.8 Å². The summed E-state index contributed by atoms with van der Waals surface area (Å²) in [7, 11) is 1.76. The van der Waals surface area contributed by atoms with Crippen LogP contribution >= 0.6 is 0 Å². The summed E-state index contributed by atoms with van der Waals surface area (Å²) in [5, 5.41) is 34.0. The second kappa shape index (κ2) is 19.1. The van der Waals surface area contributed by atoms with E-state index in [1.807, 2.05) is 42.5 Å².